The van der Waals surface area contributed by atoms with E-state index in [1.54, 1.807) is 13.0 Å². The second-order valence-corrected chi connectivity index (χ2v) is 3.69. The SMILES string of the molecule is Cc1ccc(O)c(C2CNCCO2)c1F. The quantitative estimate of drug-likeness (QED) is 0.739. The van der Waals surface area contributed by atoms with Gasteiger partial charge in [0.1, 0.15) is 17.7 Å². The molecular weight excluding hydrogens is 197 g/mol. The van der Waals surface area contributed by atoms with E-state index in [9.17, 15) is 9.50 Å². The van der Waals surface area contributed by atoms with Crippen molar-refractivity contribution >= 4 is 0 Å². The van der Waals surface area contributed by atoms with Crippen LogP contribution in [0.4, 0.5) is 4.39 Å². The minimum Gasteiger partial charge on any atom is -0.507 e. The van der Waals surface area contributed by atoms with Gasteiger partial charge in [0.15, 0.2) is 0 Å². The van der Waals surface area contributed by atoms with Crippen molar-refractivity contribution in [3.05, 3.63) is 29.1 Å². The van der Waals surface area contributed by atoms with Gasteiger partial charge in [0.25, 0.3) is 0 Å². The third-order valence-corrected chi connectivity index (χ3v) is 2.60. The van der Waals surface area contributed by atoms with Crippen LogP contribution >= 0.6 is 0 Å². The predicted molar refractivity (Wildman–Crippen MR) is 54.4 cm³/mol. The fourth-order valence-electron chi connectivity index (χ4n) is 1.75. The molecule has 0 saturated carbocycles. The number of phenols is 1. The highest BCUT2D eigenvalue weighted by molar-refractivity contribution is 5.39. The number of nitrogens with one attached hydrogen (secondary N) is 1. The predicted octanol–water partition coefficient (Wildman–Crippen LogP) is 1.50. The molecular formula is C11H14FNO2. The summed E-state index contributed by atoms with van der Waals surface area (Å²) in [6, 6.07) is 3.07. The zero-order chi connectivity index (χ0) is 10.8. The second-order valence-electron chi connectivity index (χ2n) is 3.69. The molecule has 2 rings (SSSR count). The van der Waals surface area contributed by atoms with E-state index in [0.29, 0.717) is 18.7 Å². The minimum absolute atomic E-state index is 0.0354. The fourth-order valence-corrected chi connectivity index (χ4v) is 1.75. The van der Waals surface area contributed by atoms with E-state index in [0.717, 1.165) is 6.54 Å². The molecule has 0 aromatic heterocycles. The molecule has 0 bridgehead atoms. The highest BCUT2D eigenvalue weighted by atomic mass is 19.1. The van der Waals surface area contributed by atoms with Gasteiger partial charge >= 0.3 is 0 Å². The van der Waals surface area contributed by atoms with Crippen molar-refractivity contribution in [1.82, 2.24) is 5.32 Å². The average molecular weight is 211 g/mol. The molecule has 1 fully saturated rings. The number of benzene rings is 1. The average Bonchev–Trinajstić information content (AvgIpc) is 2.26. The van der Waals surface area contributed by atoms with Gasteiger partial charge in [-0.25, -0.2) is 4.39 Å². The van der Waals surface area contributed by atoms with Crippen molar-refractivity contribution in [1.29, 1.82) is 0 Å². The molecule has 1 heterocycles. The summed E-state index contributed by atoms with van der Waals surface area (Å²) in [5.74, 6) is -0.407. The summed E-state index contributed by atoms with van der Waals surface area (Å²) in [6.07, 6.45) is -0.390. The summed E-state index contributed by atoms with van der Waals surface area (Å²) >= 11 is 0. The van der Waals surface area contributed by atoms with Crippen molar-refractivity contribution in [3.63, 3.8) is 0 Å². The normalized spacial score (nSPS) is 21.6. The molecule has 1 aromatic rings. The van der Waals surface area contributed by atoms with Gasteiger partial charge in [0.05, 0.1) is 12.2 Å². The molecule has 1 aromatic carbocycles. The van der Waals surface area contributed by atoms with Crippen LogP contribution in [0.1, 0.15) is 17.2 Å². The molecule has 0 amide bonds. The molecule has 3 nitrogen and oxygen atoms in total. The van der Waals surface area contributed by atoms with E-state index in [4.69, 9.17) is 4.74 Å². The lowest BCUT2D eigenvalue weighted by Crippen LogP contribution is -2.33. The Hall–Kier alpha value is -1.13. The number of morpholine rings is 1. The van der Waals surface area contributed by atoms with Gasteiger partial charge in [-0.2, -0.15) is 0 Å². The van der Waals surface area contributed by atoms with E-state index in [2.05, 4.69) is 5.32 Å². The number of aromatic hydroxyl groups is 1. The second kappa shape index (κ2) is 4.16. The maximum atomic E-state index is 13.8. The summed E-state index contributed by atoms with van der Waals surface area (Å²) in [5, 5.41) is 12.7. The Kier molecular flexibility index (Phi) is 2.88. The van der Waals surface area contributed by atoms with Crippen LogP contribution in [0.2, 0.25) is 0 Å². The molecule has 82 valence electrons. The lowest BCUT2D eigenvalue weighted by Gasteiger charge is -2.25. The lowest BCUT2D eigenvalue weighted by molar-refractivity contribution is 0.0240. The van der Waals surface area contributed by atoms with Crippen LogP contribution in [0.25, 0.3) is 0 Å². The van der Waals surface area contributed by atoms with E-state index in [1.165, 1.54) is 6.07 Å². The fraction of sp³-hybridized carbons (Fsp3) is 0.455. The smallest absolute Gasteiger partial charge is 0.135 e. The Morgan fingerprint density at radius 2 is 2.33 bits per heavy atom. The highest BCUT2D eigenvalue weighted by Gasteiger charge is 2.23. The molecule has 0 spiro atoms. The maximum Gasteiger partial charge on any atom is 0.135 e. The Morgan fingerprint density at radius 1 is 1.53 bits per heavy atom. The molecule has 2 N–H and O–H groups in total. The highest BCUT2D eigenvalue weighted by Crippen LogP contribution is 2.31. The van der Waals surface area contributed by atoms with Gasteiger partial charge in [-0.3, -0.25) is 0 Å². The lowest BCUT2D eigenvalue weighted by atomic mass is 10.0. The van der Waals surface area contributed by atoms with Crippen LogP contribution < -0.4 is 5.32 Å². The summed E-state index contributed by atoms with van der Waals surface area (Å²) in [7, 11) is 0. The largest absolute Gasteiger partial charge is 0.507 e. The molecule has 0 aliphatic carbocycles. The number of hydrogen-bond acceptors (Lipinski definition) is 3. The molecule has 4 heteroatoms. The molecule has 15 heavy (non-hydrogen) atoms. The first-order chi connectivity index (χ1) is 7.20. The van der Waals surface area contributed by atoms with Crippen molar-refractivity contribution in [2.24, 2.45) is 0 Å². The Morgan fingerprint density at radius 3 is 3.00 bits per heavy atom. The standard InChI is InChI=1S/C11H14FNO2/c1-7-2-3-8(14)10(11(7)12)9-6-13-4-5-15-9/h2-3,9,13-14H,4-6H2,1H3. The number of aryl methyl sites for hydroxylation is 1. The van der Waals surface area contributed by atoms with Gasteiger partial charge in [0.2, 0.25) is 0 Å². The number of halogens is 1. The van der Waals surface area contributed by atoms with Crippen LogP contribution in [-0.4, -0.2) is 24.8 Å². The first-order valence-electron chi connectivity index (χ1n) is 5.00. The van der Waals surface area contributed by atoms with Crippen molar-refractivity contribution in [3.8, 4) is 5.75 Å². The van der Waals surface area contributed by atoms with E-state index in [1.807, 2.05) is 0 Å². The maximum absolute atomic E-state index is 13.8. The first kappa shape index (κ1) is 10.4. The molecule has 1 atom stereocenters. The van der Waals surface area contributed by atoms with Crippen LogP contribution in [0, 0.1) is 12.7 Å². The molecule has 1 aliphatic heterocycles. The van der Waals surface area contributed by atoms with Crippen molar-refractivity contribution < 1.29 is 14.2 Å². The van der Waals surface area contributed by atoms with Gasteiger partial charge < -0.3 is 15.2 Å². The first-order valence-corrected chi connectivity index (χ1v) is 5.00. The number of hydrogen-bond donors (Lipinski definition) is 2. The van der Waals surface area contributed by atoms with E-state index >= 15 is 0 Å². The van der Waals surface area contributed by atoms with E-state index in [-0.39, 0.29) is 17.1 Å². The van der Waals surface area contributed by atoms with Gasteiger partial charge in [0, 0.05) is 13.1 Å². The van der Waals surface area contributed by atoms with E-state index < -0.39 is 6.10 Å². The minimum atomic E-state index is -0.390. The van der Waals surface area contributed by atoms with Crippen molar-refractivity contribution in [2.75, 3.05) is 19.7 Å². The summed E-state index contributed by atoms with van der Waals surface area (Å²) in [6.45, 7) is 3.52. The third-order valence-electron chi connectivity index (χ3n) is 2.60. The van der Waals surface area contributed by atoms with Crippen LogP contribution in [0.15, 0.2) is 12.1 Å². The third kappa shape index (κ3) is 1.96. The summed E-state index contributed by atoms with van der Waals surface area (Å²) < 4.78 is 19.2. The van der Waals surface area contributed by atoms with Crippen LogP contribution in [-0.2, 0) is 4.74 Å². The summed E-state index contributed by atoms with van der Waals surface area (Å²) in [5.41, 5.74) is 0.791. The summed E-state index contributed by atoms with van der Waals surface area (Å²) in [4.78, 5) is 0. The topological polar surface area (TPSA) is 41.5 Å². The number of rotatable bonds is 1. The Bertz CT molecular complexity index is 362. The molecule has 1 unspecified atom stereocenters. The number of ether oxygens (including phenoxy) is 1. The molecule has 1 saturated heterocycles. The Balaban J connectivity index is 2.36. The van der Waals surface area contributed by atoms with Crippen LogP contribution in [0.5, 0.6) is 5.75 Å². The van der Waals surface area contributed by atoms with Gasteiger partial charge in [-0.1, -0.05) is 6.07 Å². The van der Waals surface area contributed by atoms with Gasteiger partial charge in [-0.15, -0.1) is 0 Å². The zero-order valence-corrected chi connectivity index (χ0v) is 8.59. The zero-order valence-electron chi connectivity index (χ0n) is 8.59. The molecule has 1 aliphatic rings. The number of phenolic OH excluding ortho intramolecular Hbond substituents is 1. The molecule has 0 radical (unpaired) electrons. The van der Waals surface area contributed by atoms with Crippen molar-refractivity contribution in [2.45, 2.75) is 13.0 Å². The van der Waals surface area contributed by atoms with Gasteiger partial charge in [-0.05, 0) is 18.6 Å². The monoisotopic (exact) mass is 211 g/mol. The Labute approximate surface area is 87.9 Å². The van der Waals surface area contributed by atoms with Crippen LogP contribution in [0.3, 0.4) is 0 Å².